The molecule has 9 heteroatoms. The van der Waals surface area contributed by atoms with Crippen molar-refractivity contribution in [3.05, 3.63) is 63.4 Å². The number of rotatable bonds is 4. The van der Waals surface area contributed by atoms with Gasteiger partial charge in [0.1, 0.15) is 5.82 Å². The van der Waals surface area contributed by atoms with Crippen molar-refractivity contribution >= 4 is 32.7 Å². The van der Waals surface area contributed by atoms with E-state index >= 15 is 0 Å². The maximum absolute atomic E-state index is 13.0. The molecule has 0 radical (unpaired) electrons. The van der Waals surface area contributed by atoms with E-state index in [2.05, 4.69) is 9.71 Å². The third-order valence-corrected chi connectivity index (χ3v) is 4.92. The molecule has 0 saturated heterocycles. The molecule has 0 saturated carbocycles. The maximum Gasteiger partial charge on any atom is 0.417 e. The van der Waals surface area contributed by atoms with Crippen LogP contribution in [0.4, 0.5) is 4.39 Å². The van der Waals surface area contributed by atoms with Crippen molar-refractivity contribution in [3.8, 4) is 0 Å². The van der Waals surface area contributed by atoms with Crippen LogP contribution in [0.15, 0.2) is 50.5 Å². The quantitative estimate of drug-likeness (QED) is 0.750. The van der Waals surface area contributed by atoms with Gasteiger partial charge in [-0.25, -0.2) is 22.3 Å². The van der Waals surface area contributed by atoms with Crippen molar-refractivity contribution < 1.29 is 17.2 Å². The molecule has 1 heterocycles. The van der Waals surface area contributed by atoms with Crippen LogP contribution in [-0.4, -0.2) is 13.4 Å². The summed E-state index contributed by atoms with van der Waals surface area (Å²) >= 11 is 5.86. The van der Waals surface area contributed by atoms with Gasteiger partial charge in [0.05, 0.1) is 10.4 Å². The minimum absolute atomic E-state index is 0.0639. The van der Waals surface area contributed by atoms with Crippen LogP contribution in [0.3, 0.4) is 0 Å². The molecule has 0 unspecified atom stereocenters. The summed E-state index contributed by atoms with van der Waals surface area (Å²) in [5.41, 5.74) is 0.971. The molecule has 6 nitrogen and oxygen atoms in total. The number of halogens is 2. The van der Waals surface area contributed by atoms with E-state index in [1.54, 1.807) is 0 Å². The van der Waals surface area contributed by atoms with Gasteiger partial charge in [0.25, 0.3) is 0 Å². The summed E-state index contributed by atoms with van der Waals surface area (Å²) in [5.74, 6) is -1.17. The second kappa shape index (κ2) is 5.80. The smallest absolute Gasteiger partial charge is 0.408 e. The number of fused-ring (bicyclic) bond motifs is 1. The Morgan fingerprint density at radius 2 is 2.00 bits per heavy atom. The predicted molar refractivity (Wildman–Crippen MR) is 82.3 cm³/mol. The number of aromatic amines is 1. The topological polar surface area (TPSA) is 92.2 Å². The zero-order valence-electron chi connectivity index (χ0n) is 11.5. The molecule has 2 N–H and O–H groups in total. The van der Waals surface area contributed by atoms with Crippen LogP contribution in [0.5, 0.6) is 0 Å². The van der Waals surface area contributed by atoms with Crippen LogP contribution in [-0.2, 0) is 16.6 Å². The number of nitrogens with one attached hydrogen (secondary N) is 2. The average Bonchev–Trinajstić information content (AvgIpc) is 2.85. The number of H-pyrrole nitrogens is 1. The van der Waals surface area contributed by atoms with Crippen LogP contribution in [0.2, 0.25) is 5.02 Å². The summed E-state index contributed by atoms with van der Waals surface area (Å²) in [6, 6.07) is 7.69. The zero-order chi connectivity index (χ0) is 16.6. The minimum atomic E-state index is -3.85. The molecule has 3 rings (SSSR count). The fourth-order valence-corrected chi connectivity index (χ4v) is 3.27. The van der Waals surface area contributed by atoms with Gasteiger partial charge in [0.15, 0.2) is 5.58 Å². The van der Waals surface area contributed by atoms with Crippen LogP contribution >= 0.6 is 11.6 Å². The average molecular weight is 357 g/mol. The Morgan fingerprint density at radius 1 is 1.22 bits per heavy atom. The SMILES string of the molecule is O=c1[nH]c2ccc(S(=O)(=O)NCc3ccc(F)cc3Cl)cc2o1. The van der Waals surface area contributed by atoms with E-state index in [9.17, 15) is 17.6 Å². The molecule has 1 aromatic heterocycles. The van der Waals surface area contributed by atoms with Crippen molar-refractivity contribution in [3.63, 3.8) is 0 Å². The fraction of sp³-hybridized carbons (Fsp3) is 0.0714. The van der Waals surface area contributed by atoms with Gasteiger partial charge in [-0.2, -0.15) is 0 Å². The Balaban J connectivity index is 1.86. The second-order valence-corrected chi connectivity index (χ2v) is 6.91. The number of benzene rings is 2. The largest absolute Gasteiger partial charge is 0.417 e. The first-order valence-electron chi connectivity index (χ1n) is 6.42. The lowest BCUT2D eigenvalue weighted by Crippen LogP contribution is -2.23. The van der Waals surface area contributed by atoms with E-state index < -0.39 is 21.6 Å². The van der Waals surface area contributed by atoms with Gasteiger partial charge in [-0.05, 0) is 29.8 Å². The summed E-state index contributed by atoms with van der Waals surface area (Å²) in [4.78, 5) is 13.4. The van der Waals surface area contributed by atoms with Crippen molar-refractivity contribution in [1.29, 1.82) is 0 Å². The highest BCUT2D eigenvalue weighted by atomic mass is 35.5. The predicted octanol–water partition coefficient (Wildman–Crippen LogP) is 2.39. The van der Waals surface area contributed by atoms with Gasteiger partial charge in [0.2, 0.25) is 10.0 Å². The molecular weight excluding hydrogens is 347 g/mol. The first-order valence-corrected chi connectivity index (χ1v) is 8.28. The highest BCUT2D eigenvalue weighted by Gasteiger charge is 2.16. The molecule has 0 aliphatic rings. The van der Waals surface area contributed by atoms with Gasteiger partial charge in [0, 0.05) is 17.6 Å². The Morgan fingerprint density at radius 3 is 2.74 bits per heavy atom. The molecule has 0 amide bonds. The van der Waals surface area contributed by atoms with Gasteiger partial charge in [-0.1, -0.05) is 17.7 Å². The summed E-state index contributed by atoms with van der Waals surface area (Å²) < 4.78 is 44.7. The van der Waals surface area contributed by atoms with Crippen LogP contribution in [0, 0.1) is 5.82 Å². The molecule has 0 aliphatic carbocycles. The zero-order valence-corrected chi connectivity index (χ0v) is 13.0. The Kier molecular flexibility index (Phi) is 3.97. The number of oxazole rings is 1. The molecule has 0 atom stereocenters. The number of aromatic nitrogens is 1. The maximum atomic E-state index is 13.0. The number of hydrogen-bond donors (Lipinski definition) is 2. The van der Waals surface area contributed by atoms with E-state index in [0.717, 1.165) is 6.07 Å². The van der Waals surface area contributed by atoms with E-state index in [1.807, 2.05) is 0 Å². The number of sulfonamides is 1. The molecule has 3 aromatic rings. The van der Waals surface area contributed by atoms with Gasteiger partial charge in [-0.3, -0.25) is 4.98 Å². The lowest BCUT2D eigenvalue weighted by Gasteiger charge is -2.08. The summed E-state index contributed by atoms with van der Waals surface area (Å²) in [6.45, 7) is -0.101. The Bertz CT molecular complexity index is 1040. The lowest BCUT2D eigenvalue weighted by molar-refractivity contribution is 0.553. The van der Waals surface area contributed by atoms with Gasteiger partial charge >= 0.3 is 5.76 Å². The molecule has 120 valence electrons. The van der Waals surface area contributed by atoms with E-state index in [-0.39, 0.29) is 22.0 Å². The molecular formula is C14H10ClFN2O4S. The molecule has 2 aromatic carbocycles. The van der Waals surface area contributed by atoms with Crippen LogP contribution < -0.4 is 10.5 Å². The Hall–Kier alpha value is -2.16. The minimum Gasteiger partial charge on any atom is -0.408 e. The van der Waals surface area contributed by atoms with E-state index in [4.69, 9.17) is 16.0 Å². The molecule has 0 bridgehead atoms. The van der Waals surface area contributed by atoms with Gasteiger partial charge in [-0.15, -0.1) is 0 Å². The first kappa shape index (κ1) is 15.7. The third kappa shape index (κ3) is 3.29. The van der Waals surface area contributed by atoms with Crippen molar-refractivity contribution in [2.24, 2.45) is 0 Å². The van der Waals surface area contributed by atoms with Crippen molar-refractivity contribution in [2.45, 2.75) is 11.4 Å². The first-order chi connectivity index (χ1) is 10.8. The summed E-state index contributed by atoms with van der Waals surface area (Å²) in [5, 5.41) is 0.125. The highest BCUT2D eigenvalue weighted by molar-refractivity contribution is 7.89. The van der Waals surface area contributed by atoms with Crippen LogP contribution in [0.1, 0.15) is 5.56 Å². The van der Waals surface area contributed by atoms with E-state index in [1.165, 1.54) is 30.3 Å². The molecule has 23 heavy (non-hydrogen) atoms. The molecule has 0 spiro atoms. The van der Waals surface area contributed by atoms with Crippen molar-refractivity contribution in [2.75, 3.05) is 0 Å². The Labute approximate surface area is 134 Å². The van der Waals surface area contributed by atoms with E-state index in [0.29, 0.717) is 11.1 Å². The molecule has 0 fully saturated rings. The van der Waals surface area contributed by atoms with Gasteiger partial charge < -0.3 is 4.42 Å². The second-order valence-electron chi connectivity index (χ2n) is 4.73. The molecule has 0 aliphatic heterocycles. The van der Waals surface area contributed by atoms with Crippen molar-refractivity contribution in [1.82, 2.24) is 9.71 Å². The lowest BCUT2D eigenvalue weighted by atomic mass is 10.2. The standard InChI is InChI=1S/C14H10ClFN2O4S/c15-11-5-9(16)2-1-8(11)7-17-23(20,21)10-3-4-12-13(6-10)22-14(19)18-12/h1-6,17H,7H2,(H,18,19). The summed E-state index contributed by atoms with van der Waals surface area (Å²) in [6.07, 6.45) is 0. The monoisotopic (exact) mass is 356 g/mol. The third-order valence-electron chi connectivity index (χ3n) is 3.17. The highest BCUT2D eigenvalue weighted by Crippen LogP contribution is 2.19. The summed E-state index contributed by atoms with van der Waals surface area (Å²) in [7, 11) is -3.85. The number of hydrogen-bond acceptors (Lipinski definition) is 4. The fourth-order valence-electron chi connectivity index (χ4n) is 2.01. The normalized spacial score (nSPS) is 11.9. The van der Waals surface area contributed by atoms with Crippen LogP contribution in [0.25, 0.3) is 11.1 Å².